The lowest BCUT2D eigenvalue weighted by Crippen LogP contribution is -2.51. The Morgan fingerprint density at radius 2 is 1.86 bits per heavy atom. The van der Waals surface area contributed by atoms with Crippen LogP contribution in [0.4, 0.5) is 0 Å². The van der Waals surface area contributed by atoms with Gasteiger partial charge in [-0.05, 0) is 127 Å². The molecule has 2 fully saturated rings. The number of nitrogens with zero attached hydrogens (tertiary/aromatic N) is 2. The second-order valence-electron chi connectivity index (χ2n) is 11.1. The molecule has 2 heterocycles. The van der Waals surface area contributed by atoms with E-state index in [2.05, 4.69) is 85.0 Å². The highest BCUT2D eigenvalue weighted by Gasteiger charge is 2.43. The van der Waals surface area contributed by atoms with Crippen LogP contribution in [0.3, 0.4) is 0 Å². The summed E-state index contributed by atoms with van der Waals surface area (Å²) in [5, 5.41) is 3.34. The lowest BCUT2D eigenvalue weighted by atomic mass is 9.91. The van der Waals surface area contributed by atoms with Gasteiger partial charge < -0.3 is 15.0 Å². The second kappa shape index (κ2) is 14.0. The van der Waals surface area contributed by atoms with Crippen LogP contribution in [-0.4, -0.2) is 61.1 Å². The van der Waals surface area contributed by atoms with Gasteiger partial charge in [0.2, 0.25) is 0 Å². The van der Waals surface area contributed by atoms with E-state index in [-0.39, 0.29) is 11.9 Å². The standard InChI is InChI=1S/C31H48BrN3O2/c1-8-24(18-25(32)9-2)31(36)33-26-19-27-12-13-28(20-26)35(27)23(5)29-14-15-30(22(4)21(29)3)37-17-11-10-16-34(6)7/h8,14-15,18,23,26-28H,9-13,16-17,19-20H2,1-7H3,(H,33,36)/b24-8+,25-18+. The minimum Gasteiger partial charge on any atom is -0.493 e. The molecule has 5 nitrogen and oxygen atoms in total. The summed E-state index contributed by atoms with van der Waals surface area (Å²) in [5.41, 5.74) is 4.75. The molecule has 6 heteroatoms. The van der Waals surface area contributed by atoms with Gasteiger partial charge in [0.1, 0.15) is 5.75 Å². The quantitative estimate of drug-likeness (QED) is 0.169. The Bertz CT molecular complexity index is 973. The maximum atomic E-state index is 12.9. The molecule has 2 bridgehead atoms. The molecule has 206 valence electrons. The number of benzene rings is 1. The van der Waals surface area contributed by atoms with Gasteiger partial charge >= 0.3 is 0 Å². The van der Waals surface area contributed by atoms with Crippen LogP contribution in [0, 0.1) is 13.8 Å². The second-order valence-corrected chi connectivity index (χ2v) is 12.1. The van der Waals surface area contributed by atoms with E-state index in [1.807, 2.05) is 19.1 Å². The average molecular weight is 575 g/mol. The molecule has 1 amide bonds. The third-order valence-corrected chi connectivity index (χ3v) is 9.07. The Kier molecular flexibility index (Phi) is 11.3. The largest absolute Gasteiger partial charge is 0.493 e. The van der Waals surface area contributed by atoms with Crippen LogP contribution in [0.15, 0.2) is 34.3 Å². The van der Waals surface area contributed by atoms with Crippen molar-refractivity contribution in [1.29, 1.82) is 0 Å². The molecule has 0 saturated carbocycles. The normalized spacial score (nSPS) is 23.4. The van der Waals surface area contributed by atoms with Gasteiger partial charge in [0.05, 0.1) is 6.61 Å². The Morgan fingerprint density at radius 1 is 1.19 bits per heavy atom. The fourth-order valence-electron chi connectivity index (χ4n) is 6.08. The number of fused-ring (bicyclic) bond motifs is 2. The van der Waals surface area contributed by atoms with Crippen molar-refractivity contribution in [3.63, 3.8) is 0 Å². The minimum absolute atomic E-state index is 0.0440. The monoisotopic (exact) mass is 573 g/mol. The number of ether oxygens (including phenoxy) is 1. The first-order valence-electron chi connectivity index (χ1n) is 14.1. The molecule has 2 aliphatic rings. The van der Waals surface area contributed by atoms with Crippen LogP contribution < -0.4 is 10.1 Å². The molecule has 3 atom stereocenters. The van der Waals surface area contributed by atoms with E-state index in [9.17, 15) is 4.79 Å². The minimum atomic E-state index is 0.0440. The van der Waals surface area contributed by atoms with Crippen LogP contribution in [0.25, 0.3) is 0 Å². The van der Waals surface area contributed by atoms with Crippen molar-refractivity contribution in [3.05, 3.63) is 51.0 Å². The van der Waals surface area contributed by atoms with Gasteiger partial charge in [-0.25, -0.2) is 0 Å². The number of hydrogen-bond acceptors (Lipinski definition) is 4. The number of piperidine rings is 1. The number of carbonyl (C=O) groups excluding carboxylic acids is 1. The number of allylic oxidation sites excluding steroid dienone is 2. The number of nitrogens with one attached hydrogen (secondary N) is 1. The lowest BCUT2D eigenvalue weighted by molar-refractivity contribution is -0.118. The van der Waals surface area contributed by atoms with Crippen LogP contribution >= 0.6 is 15.9 Å². The zero-order valence-electron chi connectivity index (χ0n) is 24.1. The molecular weight excluding hydrogens is 526 g/mol. The third-order valence-electron chi connectivity index (χ3n) is 8.28. The fraction of sp³-hybridized carbons (Fsp3) is 0.645. The molecule has 2 saturated heterocycles. The van der Waals surface area contributed by atoms with Crippen molar-refractivity contribution in [2.75, 3.05) is 27.2 Å². The Balaban J connectivity index is 1.62. The van der Waals surface area contributed by atoms with E-state index in [1.165, 1.54) is 29.5 Å². The van der Waals surface area contributed by atoms with Crippen LogP contribution in [0.5, 0.6) is 5.75 Å². The summed E-state index contributed by atoms with van der Waals surface area (Å²) in [5.74, 6) is 1.06. The highest BCUT2D eigenvalue weighted by atomic mass is 79.9. The third kappa shape index (κ3) is 7.70. The van der Waals surface area contributed by atoms with Crippen molar-refractivity contribution < 1.29 is 9.53 Å². The van der Waals surface area contributed by atoms with Gasteiger partial charge in [0.15, 0.2) is 0 Å². The van der Waals surface area contributed by atoms with Gasteiger partial charge in [-0.2, -0.15) is 0 Å². The number of unbranched alkanes of at least 4 members (excludes halogenated alkanes) is 1. The van der Waals surface area contributed by atoms with Gasteiger partial charge in [-0.1, -0.05) is 35.0 Å². The van der Waals surface area contributed by atoms with E-state index in [1.54, 1.807) is 0 Å². The van der Waals surface area contributed by atoms with Crippen molar-refractivity contribution in [3.8, 4) is 5.75 Å². The predicted octanol–water partition coefficient (Wildman–Crippen LogP) is 6.83. The topological polar surface area (TPSA) is 44.8 Å². The number of hydrogen-bond donors (Lipinski definition) is 1. The van der Waals surface area contributed by atoms with Gasteiger partial charge in [-0.15, -0.1) is 0 Å². The number of rotatable bonds is 12. The van der Waals surface area contributed by atoms with E-state index < -0.39 is 0 Å². The van der Waals surface area contributed by atoms with Crippen molar-refractivity contribution >= 4 is 21.8 Å². The van der Waals surface area contributed by atoms with E-state index in [0.717, 1.165) is 61.1 Å². The summed E-state index contributed by atoms with van der Waals surface area (Å²) >= 11 is 3.55. The Labute approximate surface area is 233 Å². The number of halogens is 1. The SMILES string of the molecule is C/C=C(\C=C(\Br)CC)C(=O)NC1CC2CCC(C1)N2C(C)c1ccc(OCCCCN(C)C)c(C)c1C. The number of amides is 1. The summed E-state index contributed by atoms with van der Waals surface area (Å²) in [6.07, 6.45) is 11.4. The van der Waals surface area contributed by atoms with E-state index in [0.29, 0.717) is 18.1 Å². The zero-order valence-corrected chi connectivity index (χ0v) is 25.7. The van der Waals surface area contributed by atoms with Gasteiger partial charge in [-0.3, -0.25) is 9.69 Å². The van der Waals surface area contributed by atoms with Crippen LogP contribution in [0.2, 0.25) is 0 Å². The summed E-state index contributed by atoms with van der Waals surface area (Å²) in [7, 11) is 4.23. The van der Waals surface area contributed by atoms with Crippen molar-refractivity contribution in [1.82, 2.24) is 15.1 Å². The lowest BCUT2D eigenvalue weighted by Gasteiger charge is -2.43. The molecule has 0 radical (unpaired) electrons. The molecule has 2 aliphatic heterocycles. The van der Waals surface area contributed by atoms with E-state index >= 15 is 0 Å². The fourth-order valence-corrected chi connectivity index (χ4v) is 6.33. The molecule has 0 spiro atoms. The summed E-state index contributed by atoms with van der Waals surface area (Å²) in [4.78, 5) is 17.9. The first kappa shape index (κ1) is 29.9. The molecular formula is C31H48BrN3O2. The summed E-state index contributed by atoms with van der Waals surface area (Å²) in [6, 6.07) is 6.08. The highest BCUT2D eigenvalue weighted by molar-refractivity contribution is 9.11. The van der Waals surface area contributed by atoms with Gasteiger partial charge in [0.25, 0.3) is 5.91 Å². The molecule has 3 rings (SSSR count). The zero-order chi connectivity index (χ0) is 27.1. The maximum absolute atomic E-state index is 12.9. The first-order valence-corrected chi connectivity index (χ1v) is 14.9. The summed E-state index contributed by atoms with van der Waals surface area (Å²) < 4.78 is 7.21. The number of carbonyl (C=O) groups is 1. The smallest absolute Gasteiger partial charge is 0.251 e. The van der Waals surface area contributed by atoms with Crippen molar-refractivity contribution in [2.24, 2.45) is 0 Å². The maximum Gasteiger partial charge on any atom is 0.251 e. The molecule has 1 aromatic carbocycles. The van der Waals surface area contributed by atoms with Crippen LogP contribution in [0.1, 0.15) is 88.4 Å². The van der Waals surface area contributed by atoms with E-state index in [4.69, 9.17) is 4.74 Å². The predicted molar refractivity (Wildman–Crippen MR) is 158 cm³/mol. The molecule has 1 aromatic rings. The average Bonchev–Trinajstić information content (AvgIpc) is 3.14. The van der Waals surface area contributed by atoms with Gasteiger partial charge in [0, 0.05) is 29.7 Å². The van der Waals surface area contributed by atoms with Crippen LogP contribution in [-0.2, 0) is 4.79 Å². The summed E-state index contributed by atoms with van der Waals surface area (Å²) in [6.45, 7) is 12.7. The first-order chi connectivity index (χ1) is 17.7. The molecule has 37 heavy (non-hydrogen) atoms. The Hall–Kier alpha value is -1.63. The van der Waals surface area contributed by atoms with Crippen molar-refractivity contribution in [2.45, 2.75) is 104 Å². The molecule has 3 unspecified atom stereocenters. The molecule has 1 N–H and O–H groups in total. The molecule has 0 aromatic heterocycles. The molecule has 0 aliphatic carbocycles. The highest BCUT2D eigenvalue weighted by Crippen LogP contribution is 2.43. The Morgan fingerprint density at radius 3 is 2.46 bits per heavy atom.